The highest BCUT2D eigenvalue weighted by Gasteiger charge is 2.05. The summed E-state index contributed by atoms with van der Waals surface area (Å²) in [4.78, 5) is 11.4. The molecule has 0 unspecified atom stereocenters. The van der Waals surface area contributed by atoms with E-state index in [1.165, 1.54) is 0 Å². The second kappa shape index (κ2) is 6.94. The van der Waals surface area contributed by atoms with Crippen LogP contribution in [0.5, 0.6) is 11.5 Å². The minimum atomic E-state index is 0.149. The molecule has 1 rings (SSSR count). The van der Waals surface area contributed by atoms with E-state index in [0.717, 1.165) is 12.0 Å². The highest BCUT2D eigenvalue weighted by molar-refractivity contribution is 5.78. The van der Waals surface area contributed by atoms with Gasteiger partial charge in [0.25, 0.3) is 0 Å². The number of aromatic hydroxyl groups is 1. The van der Waals surface area contributed by atoms with Crippen molar-refractivity contribution in [2.24, 2.45) is 0 Å². The van der Waals surface area contributed by atoms with E-state index < -0.39 is 0 Å². The maximum Gasteiger partial charge on any atom is 0.161 e. The fourth-order valence-corrected chi connectivity index (χ4v) is 1.67. The summed E-state index contributed by atoms with van der Waals surface area (Å²) in [7, 11) is 0. The highest BCUT2D eigenvalue weighted by atomic mass is 16.5. The van der Waals surface area contributed by atoms with Gasteiger partial charge in [0.1, 0.15) is 5.78 Å². The fraction of sp³-hybridized carbons (Fsp3) is 0.500. The lowest BCUT2D eigenvalue weighted by molar-refractivity contribution is -0.119. The van der Waals surface area contributed by atoms with Gasteiger partial charge in [0.05, 0.1) is 6.61 Å². The lowest BCUT2D eigenvalue weighted by Crippen LogP contribution is -2.00. The van der Waals surface area contributed by atoms with Crippen LogP contribution in [0.3, 0.4) is 0 Å². The van der Waals surface area contributed by atoms with Crippen molar-refractivity contribution in [3.63, 3.8) is 0 Å². The number of phenols is 1. The molecular formula is C14H20O3. The number of Topliss-reactive ketones (excluding diaryl/α,β-unsaturated/α-hetero) is 1. The number of hydrogen-bond acceptors (Lipinski definition) is 3. The largest absolute Gasteiger partial charge is 0.504 e. The summed E-state index contributed by atoms with van der Waals surface area (Å²) in [5.74, 6) is 0.932. The molecule has 0 saturated carbocycles. The van der Waals surface area contributed by atoms with Crippen LogP contribution in [-0.2, 0) is 11.2 Å². The van der Waals surface area contributed by atoms with Gasteiger partial charge in [0.15, 0.2) is 11.5 Å². The van der Waals surface area contributed by atoms with E-state index in [4.69, 9.17) is 4.74 Å². The summed E-state index contributed by atoms with van der Waals surface area (Å²) in [6.07, 6.45) is 2.82. The van der Waals surface area contributed by atoms with Crippen LogP contribution in [0, 0.1) is 0 Å². The van der Waals surface area contributed by atoms with E-state index in [1.807, 2.05) is 19.9 Å². The Morgan fingerprint density at radius 3 is 2.71 bits per heavy atom. The van der Waals surface area contributed by atoms with Crippen LogP contribution in [0.15, 0.2) is 18.2 Å². The zero-order chi connectivity index (χ0) is 12.7. The molecule has 0 aliphatic heterocycles. The molecule has 1 N–H and O–H groups in total. The molecule has 94 valence electrons. The Morgan fingerprint density at radius 2 is 2.06 bits per heavy atom. The minimum absolute atomic E-state index is 0.149. The summed E-state index contributed by atoms with van der Waals surface area (Å²) >= 11 is 0. The van der Waals surface area contributed by atoms with Gasteiger partial charge in [-0.2, -0.15) is 0 Å². The smallest absolute Gasteiger partial charge is 0.161 e. The van der Waals surface area contributed by atoms with Crippen molar-refractivity contribution in [1.82, 2.24) is 0 Å². The molecular weight excluding hydrogens is 216 g/mol. The number of carbonyl (C=O) groups is 1. The van der Waals surface area contributed by atoms with Crippen LogP contribution in [0.2, 0.25) is 0 Å². The molecule has 0 saturated heterocycles. The van der Waals surface area contributed by atoms with Crippen molar-refractivity contribution in [2.75, 3.05) is 6.61 Å². The van der Waals surface area contributed by atoms with E-state index in [-0.39, 0.29) is 5.75 Å². The van der Waals surface area contributed by atoms with Crippen molar-refractivity contribution in [3.8, 4) is 11.5 Å². The Labute approximate surface area is 102 Å². The summed E-state index contributed by atoms with van der Waals surface area (Å²) < 4.78 is 5.30. The fourth-order valence-electron chi connectivity index (χ4n) is 1.67. The third-order valence-electron chi connectivity index (χ3n) is 2.55. The van der Waals surface area contributed by atoms with Gasteiger partial charge in [-0.1, -0.05) is 13.0 Å². The molecule has 0 aliphatic rings. The Hall–Kier alpha value is -1.51. The molecule has 0 spiro atoms. The van der Waals surface area contributed by atoms with E-state index in [2.05, 4.69) is 0 Å². The zero-order valence-electron chi connectivity index (χ0n) is 10.5. The van der Waals surface area contributed by atoms with Gasteiger partial charge < -0.3 is 9.84 Å². The van der Waals surface area contributed by atoms with E-state index in [0.29, 0.717) is 37.4 Å². The van der Waals surface area contributed by atoms with Crippen molar-refractivity contribution < 1.29 is 14.6 Å². The molecule has 1 aromatic carbocycles. The summed E-state index contributed by atoms with van der Waals surface area (Å²) in [5, 5.41) is 9.54. The number of carbonyl (C=O) groups excluding carboxylic acids is 1. The first-order valence-electron chi connectivity index (χ1n) is 6.13. The number of aryl methyl sites for hydroxylation is 1. The van der Waals surface area contributed by atoms with Gasteiger partial charge in [-0.15, -0.1) is 0 Å². The van der Waals surface area contributed by atoms with Crippen molar-refractivity contribution >= 4 is 5.78 Å². The van der Waals surface area contributed by atoms with Crippen LogP contribution in [0.25, 0.3) is 0 Å². The first-order valence-corrected chi connectivity index (χ1v) is 6.13. The second-order valence-corrected chi connectivity index (χ2v) is 4.02. The summed E-state index contributed by atoms with van der Waals surface area (Å²) in [6, 6.07) is 5.25. The molecule has 0 aliphatic carbocycles. The molecule has 0 heterocycles. The molecule has 0 radical (unpaired) electrons. The van der Waals surface area contributed by atoms with Gasteiger partial charge in [-0.3, -0.25) is 4.79 Å². The predicted molar refractivity (Wildman–Crippen MR) is 67.5 cm³/mol. The monoisotopic (exact) mass is 236 g/mol. The maximum absolute atomic E-state index is 11.4. The third kappa shape index (κ3) is 4.47. The van der Waals surface area contributed by atoms with Crippen LogP contribution in [-0.4, -0.2) is 17.5 Å². The average molecular weight is 236 g/mol. The van der Waals surface area contributed by atoms with Gasteiger partial charge >= 0.3 is 0 Å². The molecule has 0 fully saturated rings. The highest BCUT2D eigenvalue weighted by Crippen LogP contribution is 2.27. The van der Waals surface area contributed by atoms with E-state index in [9.17, 15) is 9.90 Å². The number of phenolic OH excluding ortho intramolecular Hbond substituents is 1. The molecule has 3 nitrogen and oxygen atoms in total. The van der Waals surface area contributed by atoms with Crippen molar-refractivity contribution in [3.05, 3.63) is 23.8 Å². The summed E-state index contributed by atoms with van der Waals surface area (Å²) in [5.41, 5.74) is 1.02. The predicted octanol–water partition coefficient (Wildman–Crippen LogP) is 3.09. The van der Waals surface area contributed by atoms with Gasteiger partial charge in [-0.25, -0.2) is 0 Å². The first kappa shape index (κ1) is 13.6. The standard InChI is InChI=1S/C14H20O3/c1-3-5-12(15)8-6-11-7-9-13(16)14(10-11)17-4-2/h7,9-10,16H,3-6,8H2,1-2H3. The number of rotatable bonds is 7. The SMILES string of the molecule is CCCC(=O)CCc1ccc(O)c(OCC)c1. The average Bonchev–Trinajstić information content (AvgIpc) is 2.31. The van der Waals surface area contributed by atoms with E-state index in [1.54, 1.807) is 12.1 Å². The Balaban J connectivity index is 2.59. The number of benzene rings is 1. The van der Waals surface area contributed by atoms with Crippen molar-refractivity contribution in [1.29, 1.82) is 0 Å². The first-order chi connectivity index (χ1) is 8.17. The van der Waals surface area contributed by atoms with Gasteiger partial charge in [-0.05, 0) is 37.5 Å². The molecule has 17 heavy (non-hydrogen) atoms. The molecule has 0 bridgehead atoms. The van der Waals surface area contributed by atoms with Crippen LogP contribution >= 0.6 is 0 Å². The maximum atomic E-state index is 11.4. The Kier molecular flexibility index (Phi) is 5.53. The van der Waals surface area contributed by atoms with Gasteiger partial charge in [0, 0.05) is 12.8 Å². The number of ether oxygens (including phenoxy) is 1. The third-order valence-corrected chi connectivity index (χ3v) is 2.55. The normalized spacial score (nSPS) is 10.2. The summed E-state index contributed by atoms with van der Waals surface area (Å²) in [6.45, 7) is 4.40. The van der Waals surface area contributed by atoms with Gasteiger partial charge in [0.2, 0.25) is 0 Å². The molecule has 0 atom stereocenters. The lowest BCUT2D eigenvalue weighted by atomic mass is 10.0. The van der Waals surface area contributed by atoms with Crippen LogP contribution in [0.4, 0.5) is 0 Å². The quantitative estimate of drug-likeness (QED) is 0.791. The molecule has 0 amide bonds. The molecule has 3 heteroatoms. The lowest BCUT2D eigenvalue weighted by Gasteiger charge is -2.08. The molecule has 0 aromatic heterocycles. The Bertz CT molecular complexity index is 372. The molecule has 1 aromatic rings. The van der Waals surface area contributed by atoms with Crippen molar-refractivity contribution in [2.45, 2.75) is 39.5 Å². The Morgan fingerprint density at radius 1 is 1.29 bits per heavy atom. The van der Waals surface area contributed by atoms with Crippen LogP contribution in [0.1, 0.15) is 38.7 Å². The minimum Gasteiger partial charge on any atom is -0.504 e. The topological polar surface area (TPSA) is 46.5 Å². The van der Waals surface area contributed by atoms with E-state index >= 15 is 0 Å². The second-order valence-electron chi connectivity index (χ2n) is 4.02. The number of ketones is 1. The zero-order valence-corrected chi connectivity index (χ0v) is 10.5. The van der Waals surface area contributed by atoms with Crippen LogP contribution < -0.4 is 4.74 Å². The number of hydrogen-bond donors (Lipinski definition) is 1.